The Bertz CT molecular complexity index is 361. The molecule has 0 aromatic rings. The van der Waals surface area contributed by atoms with Crippen molar-refractivity contribution in [3.63, 3.8) is 0 Å². The minimum Gasteiger partial charge on any atom is -0.444 e. The second-order valence-corrected chi connectivity index (χ2v) is 6.33. The Labute approximate surface area is 116 Å². The summed E-state index contributed by atoms with van der Waals surface area (Å²) >= 11 is 0. The van der Waals surface area contributed by atoms with Crippen LogP contribution < -0.4 is 0 Å². The molecule has 4 nitrogen and oxygen atoms in total. The highest BCUT2D eigenvalue weighted by molar-refractivity contribution is 5.69. The standard InChI is InChI=1S/C13H22F3NO3/c1-11(2,3)20-10(18)17-8-6-5-7-9(17)12(4,19)13(14,15)16/h9,19H,5-8H2,1-4H3. The molecule has 1 saturated heterocycles. The highest BCUT2D eigenvalue weighted by atomic mass is 19.4. The highest BCUT2D eigenvalue weighted by Gasteiger charge is 2.58. The first-order valence-electron chi connectivity index (χ1n) is 6.65. The Hall–Kier alpha value is -0.980. The molecule has 20 heavy (non-hydrogen) atoms. The molecule has 1 heterocycles. The summed E-state index contributed by atoms with van der Waals surface area (Å²) in [5.74, 6) is 0. The zero-order valence-electron chi connectivity index (χ0n) is 12.3. The van der Waals surface area contributed by atoms with Crippen LogP contribution in [-0.2, 0) is 4.74 Å². The van der Waals surface area contributed by atoms with Crippen LogP contribution >= 0.6 is 0 Å². The molecule has 1 N–H and O–H groups in total. The van der Waals surface area contributed by atoms with E-state index in [9.17, 15) is 23.1 Å². The van der Waals surface area contributed by atoms with Gasteiger partial charge in [0.05, 0.1) is 6.04 Å². The zero-order chi connectivity index (χ0) is 15.8. The van der Waals surface area contributed by atoms with Crippen LogP contribution in [0.5, 0.6) is 0 Å². The highest BCUT2D eigenvalue weighted by Crippen LogP contribution is 2.38. The van der Waals surface area contributed by atoms with Crippen molar-refractivity contribution < 1.29 is 27.8 Å². The Balaban J connectivity index is 2.95. The minimum atomic E-state index is -4.80. The molecular weight excluding hydrogens is 275 g/mol. The molecule has 0 aromatic carbocycles. The normalized spacial score (nSPS) is 24.2. The van der Waals surface area contributed by atoms with Crippen LogP contribution in [0.4, 0.5) is 18.0 Å². The van der Waals surface area contributed by atoms with Crippen LogP contribution in [0.15, 0.2) is 0 Å². The van der Waals surface area contributed by atoms with Crippen LogP contribution in [0.3, 0.4) is 0 Å². The Morgan fingerprint density at radius 3 is 2.20 bits per heavy atom. The number of ether oxygens (including phenoxy) is 1. The van der Waals surface area contributed by atoms with E-state index in [0.717, 1.165) is 4.90 Å². The number of nitrogens with zero attached hydrogens (tertiary/aromatic N) is 1. The fourth-order valence-electron chi connectivity index (χ4n) is 2.24. The smallest absolute Gasteiger partial charge is 0.418 e. The summed E-state index contributed by atoms with van der Waals surface area (Å²) in [7, 11) is 0. The molecular formula is C13H22F3NO3. The van der Waals surface area contributed by atoms with E-state index in [0.29, 0.717) is 19.8 Å². The summed E-state index contributed by atoms with van der Waals surface area (Å²) in [5, 5.41) is 9.82. The summed E-state index contributed by atoms with van der Waals surface area (Å²) in [4.78, 5) is 13.0. The SMILES string of the molecule is CC(C)(C)OC(=O)N1CCCCC1C(C)(O)C(F)(F)F. The molecule has 1 amide bonds. The number of alkyl halides is 3. The number of aliphatic hydroxyl groups is 1. The number of halogens is 3. The van der Waals surface area contributed by atoms with Crippen LogP contribution in [-0.4, -0.2) is 46.1 Å². The van der Waals surface area contributed by atoms with E-state index in [2.05, 4.69) is 0 Å². The molecule has 1 rings (SSSR count). The largest absolute Gasteiger partial charge is 0.444 e. The molecule has 0 aromatic heterocycles. The maximum absolute atomic E-state index is 13.0. The predicted octanol–water partition coefficient (Wildman–Crippen LogP) is 3.09. The van der Waals surface area contributed by atoms with Crippen molar-refractivity contribution in [3.05, 3.63) is 0 Å². The number of carbonyl (C=O) groups is 1. The summed E-state index contributed by atoms with van der Waals surface area (Å²) in [5.41, 5.74) is -3.73. The molecule has 0 aliphatic carbocycles. The van der Waals surface area contributed by atoms with Gasteiger partial charge in [0, 0.05) is 6.54 Å². The number of likely N-dealkylation sites (tertiary alicyclic amines) is 1. The van der Waals surface area contributed by atoms with Gasteiger partial charge in [0.2, 0.25) is 0 Å². The van der Waals surface area contributed by atoms with E-state index in [4.69, 9.17) is 4.74 Å². The average molecular weight is 297 g/mol. The first kappa shape index (κ1) is 17.1. The van der Waals surface area contributed by atoms with Gasteiger partial charge in [-0.15, -0.1) is 0 Å². The molecule has 1 aliphatic rings. The van der Waals surface area contributed by atoms with Crippen molar-refractivity contribution in [3.8, 4) is 0 Å². The second kappa shape index (κ2) is 5.42. The molecule has 0 bridgehead atoms. The molecule has 118 valence electrons. The number of rotatable bonds is 1. The number of amides is 1. The van der Waals surface area contributed by atoms with Gasteiger partial charge in [-0.1, -0.05) is 0 Å². The van der Waals surface area contributed by atoms with Crippen molar-refractivity contribution in [1.82, 2.24) is 4.90 Å². The fourth-order valence-corrected chi connectivity index (χ4v) is 2.24. The molecule has 1 aliphatic heterocycles. The van der Waals surface area contributed by atoms with Crippen molar-refractivity contribution in [2.45, 2.75) is 70.4 Å². The lowest BCUT2D eigenvalue weighted by atomic mass is 9.87. The molecule has 0 spiro atoms. The maximum atomic E-state index is 13.0. The third kappa shape index (κ3) is 3.77. The van der Waals surface area contributed by atoms with E-state index >= 15 is 0 Å². The topological polar surface area (TPSA) is 49.8 Å². The Morgan fingerprint density at radius 2 is 1.75 bits per heavy atom. The lowest BCUT2D eigenvalue weighted by Crippen LogP contribution is -2.62. The van der Waals surface area contributed by atoms with Crippen molar-refractivity contribution in [2.24, 2.45) is 0 Å². The van der Waals surface area contributed by atoms with E-state index in [1.165, 1.54) is 0 Å². The number of hydrogen-bond acceptors (Lipinski definition) is 3. The van der Waals surface area contributed by atoms with Gasteiger partial charge in [0.1, 0.15) is 5.60 Å². The van der Waals surface area contributed by atoms with E-state index < -0.39 is 29.5 Å². The molecule has 7 heteroatoms. The third-order valence-electron chi connectivity index (χ3n) is 3.35. The lowest BCUT2D eigenvalue weighted by molar-refractivity contribution is -0.274. The van der Waals surface area contributed by atoms with Crippen LogP contribution in [0, 0.1) is 0 Å². The summed E-state index contributed by atoms with van der Waals surface area (Å²) in [6, 6.07) is -1.31. The zero-order valence-corrected chi connectivity index (χ0v) is 12.3. The van der Waals surface area contributed by atoms with E-state index in [1.807, 2.05) is 0 Å². The van der Waals surface area contributed by atoms with Gasteiger partial charge in [0.25, 0.3) is 0 Å². The van der Waals surface area contributed by atoms with Gasteiger partial charge in [-0.3, -0.25) is 0 Å². The summed E-state index contributed by atoms with van der Waals surface area (Å²) < 4.78 is 44.0. The quantitative estimate of drug-likeness (QED) is 0.809. The molecule has 0 radical (unpaired) electrons. The van der Waals surface area contributed by atoms with E-state index in [-0.39, 0.29) is 13.0 Å². The van der Waals surface area contributed by atoms with Crippen LogP contribution in [0.1, 0.15) is 47.0 Å². The van der Waals surface area contributed by atoms with Crippen molar-refractivity contribution in [2.75, 3.05) is 6.54 Å². The molecule has 2 unspecified atom stereocenters. The van der Waals surface area contributed by atoms with Gasteiger partial charge in [-0.05, 0) is 47.0 Å². The number of piperidine rings is 1. The van der Waals surface area contributed by atoms with Gasteiger partial charge in [-0.25, -0.2) is 4.79 Å². The third-order valence-corrected chi connectivity index (χ3v) is 3.35. The predicted molar refractivity (Wildman–Crippen MR) is 67.3 cm³/mol. The van der Waals surface area contributed by atoms with Crippen molar-refractivity contribution >= 4 is 6.09 Å². The van der Waals surface area contributed by atoms with Crippen molar-refractivity contribution in [1.29, 1.82) is 0 Å². The molecule has 1 fully saturated rings. The van der Waals surface area contributed by atoms with Gasteiger partial charge < -0.3 is 14.7 Å². The van der Waals surface area contributed by atoms with Gasteiger partial charge >= 0.3 is 12.3 Å². The van der Waals surface area contributed by atoms with Crippen LogP contribution in [0.2, 0.25) is 0 Å². The minimum absolute atomic E-state index is 0.103. The Kier molecular flexibility index (Phi) is 4.63. The van der Waals surface area contributed by atoms with Gasteiger partial charge in [0.15, 0.2) is 5.60 Å². The van der Waals surface area contributed by atoms with Gasteiger partial charge in [-0.2, -0.15) is 13.2 Å². The molecule has 0 saturated carbocycles. The first-order chi connectivity index (χ1) is 8.86. The monoisotopic (exact) mass is 297 g/mol. The number of hydrogen-bond donors (Lipinski definition) is 1. The lowest BCUT2D eigenvalue weighted by Gasteiger charge is -2.44. The first-order valence-corrected chi connectivity index (χ1v) is 6.65. The summed E-state index contributed by atoms with van der Waals surface area (Å²) in [6.07, 6.45) is -4.37. The average Bonchev–Trinajstić information content (AvgIpc) is 2.25. The van der Waals surface area contributed by atoms with Crippen LogP contribution in [0.25, 0.3) is 0 Å². The second-order valence-electron chi connectivity index (χ2n) is 6.33. The summed E-state index contributed by atoms with van der Waals surface area (Å²) in [6.45, 7) is 5.80. The van der Waals surface area contributed by atoms with E-state index in [1.54, 1.807) is 20.8 Å². The Morgan fingerprint density at radius 1 is 1.20 bits per heavy atom. The molecule has 2 atom stereocenters. The fraction of sp³-hybridized carbons (Fsp3) is 0.923. The maximum Gasteiger partial charge on any atom is 0.418 e. The number of carbonyl (C=O) groups excluding carboxylic acids is 1.